The Labute approximate surface area is 149 Å². The molecule has 0 aromatic heterocycles. The summed E-state index contributed by atoms with van der Waals surface area (Å²) in [5.41, 5.74) is 3.22. The van der Waals surface area contributed by atoms with Crippen LogP contribution in [0.25, 0.3) is 0 Å². The third kappa shape index (κ3) is 4.53. The van der Waals surface area contributed by atoms with Crippen LogP contribution in [0.3, 0.4) is 0 Å². The second kappa shape index (κ2) is 7.57. The zero-order chi connectivity index (χ0) is 17.0. The third-order valence-corrected chi connectivity index (χ3v) is 3.85. The van der Waals surface area contributed by atoms with E-state index in [4.69, 9.17) is 17.0 Å². The van der Waals surface area contributed by atoms with Crippen molar-refractivity contribution in [3.8, 4) is 5.75 Å². The predicted molar refractivity (Wildman–Crippen MR) is 100 cm³/mol. The van der Waals surface area contributed by atoms with Crippen molar-refractivity contribution in [2.45, 2.75) is 13.8 Å². The minimum atomic E-state index is -0.323. The van der Waals surface area contributed by atoms with Crippen molar-refractivity contribution in [2.75, 3.05) is 12.4 Å². The van der Waals surface area contributed by atoms with Gasteiger partial charge in [-0.3, -0.25) is 10.1 Å². The zero-order valence-corrected chi connectivity index (χ0v) is 15.5. The molecule has 1 amide bonds. The number of ether oxygens (including phenoxy) is 1. The molecule has 0 aliphatic carbocycles. The van der Waals surface area contributed by atoms with E-state index in [0.717, 1.165) is 21.3 Å². The highest BCUT2D eigenvalue weighted by Crippen LogP contribution is 2.27. The van der Waals surface area contributed by atoms with Gasteiger partial charge in [-0.15, -0.1) is 0 Å². The standard InChI is InChI=1S/C17H17BrN2O2S/c1-10-5-4-6-13(7-10)19-17(23)20-16(21)14-9-12(18)8-11(2)15(14)22-3/h4-9H,1-3H3,(H2,19,20,21,23). The highest BCUT2D eigenvalue weighted by Gasteiger charge is 2.16. The molecular weight excluding hydrogens is 376 g/mol. The van der Waals surface area contributed by atoms with Gasteiger partial charge in [0, 0.05) is 10.2 Å². The number of carbonyl (C=O) groups excluding carboxylic acids is 1. The zero-order valence-electron chi connectivity index (χ0n) is 13.1. The highest BCUT2D eigenvalue weighted by molar-refractivity contribution is 9.10. The molecule has 0 fully saturated rings. The number of halogens is 1. The SMILES string of the molecule is COc1c(C)cc(Br)cc1C(=O)NC(=S)Nc1cccc(C)c1. The summed E-state index contributed by atoms with van der Waals surface area (Å²) in [6, 6.07) is 11.3. The molecule has 0 aliphatic heterocycles. The van der Waals surface area contributed by atoms with Gasteiger partial charge in [0.15, 0.2) is 5.11 Å². The molecule has 6 heteroatoms. The van der Waals surface area contributed by atoms with Crippen LogP contribution in [0, 0.1) is 13.8 Å². The second-order valence-electron chi connectivity index (χ2n) is 5.08. The maximum atomic E-state index is 12.5. The van der Waals surface area contributed by atoms with Crippen LogP contribution in [0.15, 0.2) is 40.9 Å². The van der Waals surface area contributed by atoms with Gasteiger partial charge in [0.1, 0.15) is 5.75 Å². The fourth-order valence-electron chi connectivity index (χ4n) is 2.23. The molecule has 2 rings (SSSR count). The van der Waals surface area contributed by atoms with Crippen molar-refractivity contribution in [3.63, 3.8) is 0 Å². The molecule has 120 valence electrons. The Bertz CT molecular complexity index is 762. The molecule has 0 bridgehead atoms. The summed E-state index contributed by atoms with van der Waals surface area (Å²) in [7, 11) is 1.54. The van der Waals surface area contributed by atoms with Gasteiger partial charge in [-0.25, -0.2) is 0 Å². The van der Waals surface area contributed by atoms with Crippen LogP contribution in [0.2, 0.25) is 0 Å². The van der Waals surface area contributed by atoms with Crippen LogP contribution < -0.4 is 15.4 Å². The van der Waals surface area contributed by atoms with Crippen molar-refractivity contribution in [1.82, 2.24) is 5.32 Å². The lowest BCUT2D eigenvalue weighted by atomic mass is 10.1. The van der Waals surface area contributed by atoms with Crippen LogP contribution in [-0.2, 0) is 0 Å². The molecule has 2 N–H and O–H groups in total. The van der Waals surface area contributed by atoms with E-state index in [9.17, 15) is 4.79 Å². The molecule has 4 nitrogen and oxygen atoms in total. The second-order valence-corrected chi connectivity index (χ2v) is 6.41. The maximum absolute atomic E-state index is 12.5. The first-order valence-electron chi connectivity index (χ1n) is 6.94. The summed E-state index contributed by atoms with van der Waals surface area (Å²) < 4.78 is 6.13. The number of amides is 1. The summed E-state index contributed by atoms with van der Waals surface area (Å²) in [4.78, 5) is 12.5. The average Bonchev–Trinajstić information content (AvgIpc) is 2.46. The molecule has 0 saturated carbocycles. The topological polar surface area (TPSA) is 50.4 Å². The lowest BCUT2D eigenvalue weighted by Gasteiger charge is -2.14. The minimum Gasteiger partial charge on any atom is -0.496 e. The molecule has 2 aromatic rings. The molecule has 0 spiro atoms. The maximum Gasteiger partial charge on any atom is 0.261 e. The number of thiocarbonyl (C=S) groups is 1. The number of aryl methyl sites for hydroxylation is 2. The van der Waals surface area contributed by atoms with Gasteiger partial charge < -0.3 is 10.1 Å². The first-order chi connectivity index (χ1) is 10.9. The molecular formula is C17H17BrN2O2S. The van der Waals surface area contributed by atoms with E-state index >= 15 is 0 Å². The molecule has 0 atom stereocenters. The lowest BCUT2D eigenvalue weighted by molar-refractivity contribution is 0.0974. The normalized spacial score (nSPS) is 10.1. The fourth-order valence-corrected chi connectivity index (χ4v) is 3.01. The average molecular weight is 393 g/mol. The molecule has 2 aromatic carbocycles. The Morgan fingerprint density at radius 3 is 2.61 bits per heavy atom. The van der Waals surface area contributed by atoms with E-state index in [1.165, 1.54) is 7.11 Å². The van der Waals surface area contributed by atoms with E-state index < -0.39 is 0 Å². The van der Waals surface area contributed by atoms with Crippen LogP contribution >= 0.6 is 28.1 Å². The summed E-state index contributed by atoms with van der Waals surface area (Å²) in [5, 5.41) is 5.91. The number of carbonyl (C=O) groups is 1. The summed E-state index contributed by atoms with van der Waals surface area (Å²) >= 11 is 8.59. The van der Waals surface area contributed by atoms with Crippen molar-refractivity contribution >= 4 is 44.9 Å². The number of benzene rings is 2. The highest BCUT2D eigenvalue weighted by atomic mass is 79.9. The molecule has 0 heterocycles. The predicted octanol–water partition coefficient (Wildman–Crippen LogP) is 4.20. The van der Waals surface area contributed by atoms with E-state index in [1.807, 2.05) is 44.2 Å². The fraction of sp³-hybridized carbons (Fsp3) is 0.176. The van der Waals surface area contributed by atoms with Crippen molar-refractivity contribution in [3.05, 3.63) is 57.6 Å². The Hall–Kier alpha value is -1.92. The largest absolute Gasteiger partial charge is 0.496 e. The van der Waals surface area contributed by atoms with Gasteiger partial charge in [0.05, 0.1) is 12.7 Å². The number of anilines is 1. The summed E-state index contributed by atoms with van der Waals surface area (Å²) in [6.07, 6.45) is 0. The van der Waals surface area contributed by atoms with E-state index in [1.54, 1.807) is 6.07 Å². The molecule has 0 saturated heterocycles. The van der Waals surface area contributed by atoms with Gasteiger partial charge in [0.2, 0.25) is 0 Å². The Kier molecular flexibility index (Phi) is 5.74. The lowest BCUT2D eigenvalue weighted by Crippen LogP contribution is -2.34. The Balaban J connectivity index is 2.14. The first-order valence-corrected chi connectivity index (χ1v) is 8.14. The number of nitrogens with one attached hydrogen (secondary N) is 2. The van der Waals surface area contributed by atoms with Gasteiger partial charge in [-0.1, -0.05) is 28.1 Å². The number of methoxy groups -OCH3 is 1. The molecule has 23 heavy (non-hydrogen) atoms. The van der Waals surface area contributed by atoms with E-state index in [0.29, 0.717) is 11.3 Å². The van der Waals surface area contributed by atoms with E-state index in [2.05, 4.69) is 26.6 Å². The minimum absolute atomic E-state index is 0.236. The Morgan fingerprint density at radius 1 is 1.22 bits per heavy atom. The van der Waals surface area contributed by atoms with Gasteiger partial charge in [0.25, 0.3) is 5.91 Å². The van der Waals surface area contributed by atoms with Gasteiger partial charge >= 0.3 is 0 Å². The molecule has 0 aliphatic rings. The van der Waals surface area contributed by atoms with Crippen molar-refractivity contribution < 1.29 is 9.53 Å². The monoisotopic (exact) mass is 392 g/mol. The third-order valence-electron chi connectivity index (χ3n) is 3.19. The number of hydrogen-bond acceptors (Lipinski definition) is 3. The first kappa shape index (κ1) is 17.4. The number of hydrogen-bond donors (Lipinski definition) is 2. The smallest absolute Gasteiger partial charge is 0.261 e. The van der Waals surface area contributed by atoms with Crippen molar-refractivity contribution in [2.24, 2.45) is 0 Å². The molecule has 0 unspecified atom stereocenters. The number of rotatable bonds is 3. The van der Waals surface area contributed by atoms with Crippen LogP contribution in [0.1, 0.15) is 21.5 Å². The van der Waals surface area contributed by atoms with Gasteiger partial charge in [-0.2, -0.15) is 0 Å². The molecule has 0 radical (unpaired) electrons. The quantitative estimate of drug-likeness (QED) is 0.768. The van der Waals surface area contributed by atoms with Crippen LogP contribution in [-0.4, -0.2) is 18.1 Å². The van der Waals surface area contributed by atoms with Gasteiger partial charge in [-0.05, 0) is 61.5 Å². The van der Waals surface area contributed by atoms with Crippen LogP contribution in [0.5, 0.6) is 5.75 Å². The summed E-state index contributed by atoms with van der Waals surface area (Å²) in [5.74, 6) is 0.209. The van der Waals surface area contributed by atoms with Crippen LogP contribution in [0.4, 0.5) is 5.69 Å². The summed E-state index contributed by atoms with van der Waals surface area (Å²) in [6.45, 7) is 3.87. The van der Waals surface area contributed by atoms with Crippen molar-refractivity contribution in [1.29, 1.82) is 0 Å². The Morgan fingerprint density at radius 2 is 1.96 bits per heavy atom. The van der Waals surface area contributed by atoms with E-state index in [-0.39, 0.29) is 11.0 Å².